The lowest BCUT2D eigenvalue weighted by Crippen LogP contribution is -2.43. The molecule has 0 aromatic rings. The maximum absolute atomic E-state index is 12.3. The van der Waals surface area contributed by atoms with E-state index in [4.69, 9.17) is 13.8 Å². The smallest absolute Gasteiger partial charge is 0.472 e. The first kappa shape index (κ1) is 50.5. The molecule has 0 aromatic carbocycles. The Morgan fingerprint density at radius 1 is 0.538 bits per heavy atom. The minimum absolute atomic E-state index is 0.152. The van der Waals surface area contributed by atoms with E-state index in [0.717, 1.165) is 38.5 Å². The molecule has 11 nitrogen and oxygen atoms in total. The van der Waals surface area contributed by atoms with Gasteiger partial charge in [0.1, 0.15) is 12.7 Å². The van der Waals surface area contributed by atoms with Gasteiger partial charge in [-0.15, -0.1) is 0 Å². The normalized spacial score (nSPS) is 13.8. The number of carbonyl (C=O) groups is 3. The fourth-order valence-electron chi connectivity index (χ4n) is 6.08. The third-order valence-corrected chi connectivity index (χ3v) is 10.3. The maximum Gasteiger partial charge on any atom is 0.472 e. The van der Waals surface area contributed by atoms with Crippen molar-refractivity contribution < 1.29 is 47.8 Å². The SMILES string of the molecule is CCCCCCCCCCCCCCCCCC(=O)OC[C@@H](O)COP(=O)(O)OC[C@H](NC(=O)CCCCCCCCCCCCCCC)C(=O)O. The molecule has 0 aliphatic heterocycles. The summed E-state index contributed by atoms with van der Waals surface area (Å²) in [4.78, 5) is 45.8. The fraction of sp³-hybridized carbons (Fsp3) is 0.925. The van der Waals surface area contributed by atoms with Crippen LogP contribution in [0.5, 0.6) is 0 Å². The number of aliphatic hydroxyl groups is 1. The number of carboxylic acids is 1. The third-order valence-electron chi connectivity index (χ3n) is 9.40. The summed E-state index contributed by atoms with van der Waals surface area (Å²) in [6, 6.07) is -1.54. The van der Waals surface area contributed by atoms with E-state index in [1.54, 1.807) is 0 Å². The zero-order chi connectivity index (χ0) is 38.5. The number of carbonyl (C=O) groups excluding carboxylic acids is 2. The van der Waals surface area contributed by atoms with Crippen LogP contribution in [-0.4, -0.2) is 64.9 Å². The Bertz CT molecular complexity index is 906. The average molecular weight is 764 g/mol. The molecule has 3 atom stereocenters. The van der Waals surface area contributed by atoms with Crippen molar-refractivity contribution in [3.05, 3.63) is 0 Å². The monoisotopic (exact) mass is 764 g/mol. The van der Waals surface area contributed by atoms with Crippen LogP contribution in [0.1, 0.15) is 206 Å². The second-order valence-electron chi connectivity index (χ2n) is 14.5. The molecule has 4 N–H and O–H groups in total. The van der Waals surface area contributed by atoms with Crippen LogP contribution in [0, 0.1) is 0 Å². The summed E-state index contributed by atoms with van der Waals surface area (Å²) < 4.78 is 26.8. The first-order valence-corrected chi connectivity index (χ1v) is 22.6. The van der Waals surface area contributed by atoms with Crippen LogP contribution in [0.25, 0.3) is 0 Å². The number of aliphatic carboxylic acids is 1. The highest BCUT2D eigenvalue weighted by Crippen LogP contribution is 2.43. The predicted octanol–water partition coefficient (Wildman–Crippen LogP) is 10.3. The molecule has 0 fully saturated rings. The number of esters is 1. The minimum atomic E-state index is -4.74. The molecule has 12 heteroatoms. The molecule has 0 bridgehead atoms. The minimum Gasteiger partial charge on any atom is -0.480 e. The second kappa shape index (κ2) is 36.5. The second-order valence-corrected chi connectivity index (χ2v) is 16.0. The molecule has 0 saturated carbocycles. The Balaban J connectivity index is 3.89. The van der Waals surface area contributed by atoms with Crippen LogP contribution in [0.15, 0.2) is 0 Å². The number of nitrogens with one attached hydrogen (secondary N) is 1. The summed E-state index contributed by atoms with van der Waals surface area (Å²) in [5.74, 6) is -2.36. The molecule has 308 valence electrons. The molecule has 0 spiro atoms. The number of unbranched alkanes of at least 4 members (excludes halogenated alkanes) is 26. The van der Waals surface area contributed by atoms with Crippen molar-refractivity contribution in [3.63, 3.8) is 0 Å². The number of phosphoric acid groups is 1. The van der Waals surface area contributed by atoms with E-state index in [-0.39, 0.29) is 12.8 Å². The molecule has 0 saturated heterocycles. The first-order chi connectivity index (χ1) is 25.1. The largest absolute Gasteiger partial charge is 0.480 e. The van der Waals surface area contributed by atoms with Crippen LogP contribution < -0.4 is 5.32 Å². The van der Waals surface area contributed by atoms with Crippen LogP contribution in [-0.2, 0) is 32.7 Å². The molecule has 0 aromatic heterocycles. The summed E-state index contributed by atoms with van der Waals surface area (Å²) in [6.07, 6.45) is 32.7. The standard InChI is InChI=1S/C40H78NO10P/c1-3-5-7-9-11-13-15-17-18-20-22-24-26-28-30-32-39(44)49-33-36(42)34-50-52(47,48)51-35-37(40(45)46)41-38(43)31-29-27-25-23-21-19-16-14-12-10-8-6-4-2/h36-37,42H,3-35H2,1-2H3,(H,41,43)(H,45,46)(H,47,48)/t36-,37+/m1/s1. The van der Waals surface area contributed by atoms with Gasteiger partial charge in [0.2, 0.25) is 5.91 Å². The fourth-order valence-corrected chi connectivity index (χ4v) is 6.85. The van der Waals surface area contributed by atoms with Crippen molar-refractivity contribution in [2.24, 2.45) is 0 Å². The van der Waals surface area contributed by atoms with Crippen molar-refractivity contribution in [3.8, 4) is 0 Å². The van der Waals surface area contributed by atoms with E-state index in [1.807, 2.05) is 0 Å². The van der Waals surface area contributed by atoms with Gasteiger partial charge in [-0.2, -0.15) is 0 Å². The number of ether oxygens (including phenoxy) is 1. The number of rotatable bonds is 40. The van der Waals surface area contributed by atoms with Gasteiger partial charge in [-0.25, -0.2) is 9.36 Å². The summed E-state index contributed by atoms with van der Waals surface area (Å²) >= 11 is 0. The van der Waals surface area contributed by atoms with E-state index < -0.39 is 57.6 Å². The van der Waals surface area contributed by atoms with Gasteiger partial charge in [0, 0.05) is 12.8 Å². The van der Waals surface area contributed by atoms with Gasteiger partial charge < -0.3 is 25.2 Å². The van der Waals surface area contributed by atoms with Crippen LogP contribution >= 0.6 is 7.82 Å². The van der Waals surface area contributed by atoms with Crippen molar-refractivity contribution in [2.75, 3.05) is 19.8 Å². The van der Waals surface area contributed by atoms with Gasteiger partial charge in [0.15, 0.2) is 6.04 Å². The molecule has 0 rings (SSSR count). The van der Waals surface area contributed by atoms with Crippen LogP contribution in [0.4, 0.5) is 0 Å². The van der Waals surface area contributed by atoms with E-state index in [9.17, 15) is 34.1 Å². The quantitative estimate of drug-likeness (QED) is 0.0268. The average Bonchev–Trinajstić information content (AvgIpc) is 3.11. The van der Waals surface area contributed by atoms with Gasteiger partial charge in [-0.3, -0.25) is 18.6 Å². The zero-order valence-corrected chi connectivity index (χ0v) is 34.0. The van der Waals surface area contributed by atoms with Gasteiger partial charge in [0.25, 0.3) is 0 Å². The third kappa shape index (κ3) is 35.5. The van der Waals surface area contributed by atoms with Gasteiger partial charge >= 0.3 is 19.8 Å². The van der Waals surface area contributed by atoms with E-state index >= 15 is 0 Å². The lowest BCUT2D eigenvalue weighted by Gasteiger charge is -2.18. The Morgan fingerprint density at radius 2 is 0.885 bits per heavy atom. The van der Waals surface area contributed by atoms with Crippen molar-refractivity contribution in [2.45, 2.75) is 219 Å². The van der Waals surface area contributed by atoms with Gasteiger partial charge in [-0.1, -0.05) is 181 Å². The van der Waals surface area contributed by atoms with Gasteiger partial charge in [-0.05, 0) is 12.8 Å². The Labute approximate surface area is 316 Å². The summed E-state index contributed by atoms with van der Waals surface area (Å²) in [5.41, 5.74) is 0. The molecule has 0 aliphatic carbocycles. The maximum atomic E-state index is 12.3. The number of hydrogen-bond donors (Lipinski definition) is 4. The summed E-state index contributed by atoms with van der Waals surface area (Å²) in [5, 5.41) is 21.8. The Hall–Kier alpha value is -1.52. The highest BCUT2D eigenvalue weighted by Gasteiger charge is 2.28. The zero-order valence-electron chi connectivity index (χ0n) is 33.1. The molecule has 1 unspecified atom stereocenters. The number of carboxylic acid groups (broad SMARTS) is 1. The molecule has 1 amide bonds. The predicted molar refractivity (Wildman–Crippen MR) is 208 cm³/mol. The molecule has 0 radical (unpaired) electrons. The number of phosphoric ester groups is 1. The van der Waals surface area contributed by atoms with E-state index in [1.165, 1.54) is 128 Å². The summed E-state index contributed by atoms with van der Waals surface area (Å²) in [6.45, 7) is 2.60. The van der Waals surface area contributed by atoms with Crippen LogP contribution in [0.3, 0.4) is 0 Å². The van der Waals surface area contributed by atoms with Crippen molar-refractivity contribution in [1.82, 2.24) is 5.32 Å². The topological polar surface area (TPSA) is 169 Å². The Kier molecular flexibility index (Phi) is 35.4. The number of amides is 1. The molecular weight excluding hydrogens is 685 g/mol. The highest BCUT2D eigenvalue weighted by atomic mass is 31.2. The lowest BCUT2D eigenvalue weighted by atomic mass is 10.0. The Morgan fingerprint density at radius 3 is 1.27 bits per heavy atom. The molecule has 0 heterocycles. The van der Waals surface area contributed by atoms with Crippen molar-refractivity contribution >= 4 is 25.7 Å². The van der Waals surface area contributed by atoms with E-state index in [2.05, 4.69) is 19.2 Å². The molecule has 0 aliphatic rings. The van der Waals surface area contributed by atoms with Crippen molar-refractivity contribution in [1.29, 1.82) is 0 Å². The number of hydrogen-bond acceptors (Lipinski definition) is 8. The highest BCUT2D eigenvalue weighted by molar-refractivity contribution is 7.47. The molecular formula is C40H78NO10P. The summed E-state index contributed by atoms with van der Waals surface area (Å²) in [7, 11) is -4.74. The number of aliphatic hydroxyl groups excluding tert-OH is 1. The lowest BCUT2D eigenvalue weighted by molar-refractivity contribution is -0.147. The van der Waals surface area contributed by atoms with Crippen LogP contribution in [0.2, 0.25) is 0 Å². The van der Waals surface area contributed by atoms with Gasteiger partial charge in [0.05, 0.1) is 13.2 Å². The van der Waals surface area contributed by atoms with E-state index in [0.29, 0.717) is 12.8 Å². The first-order valence-electron chi connectivity index (χ1n) is 21.1. The molecule has 52 heavy (non-hydrogen) atoms.